The molecule has 3 N–H and O–H groups in total. The van der Waals surface area contributed by atoms with Gasteiger partial charge in [0.1, 0.15) is 0 Å². The zero-order valence-corrected chi connectivity index (χ0v) is 28.5. The largest absolute Gasteiger partial charge is 0.481 e. The fourth-order valence-corrected chi connectivity index (χ4v) is 5.66. The van der Waals surface area contributed by atoms with Crippen molar-refractivity contribution in [2.75, 3.05) is 6.61 Å². The van der Waals surface area contributed by atoms with Gasteiger partial charge in [0.05, 0.1) is 11.8 Å². The highest BCUT2D eigenvalue weighted by Gasteiger charge is 2.31. The van der Waals surface area contributed by atoms with Crippen LogP contribution in [0.15, 0.2) is 48.6 Å². The molecule has 0 saturated carbocycles. The summed E-state index contributed by atoms with van der Waals surface area (Å²) in [6.07, 6.45) is 41.1. The number of unbranched alkanes of at least 4 members (excludes halogenated alkanes) is 14. The van der Waals surface area contributed by atoms with Crippen LogP contribution in [-0.4, -0.2) is 33.9 Å². The van der Waals surface area contributed by atoms with Crippen LogP contribution in [-0.2, 0) is 9.59 Å². The van der Waals surface area contributed by atoms with E-state index in [1.54, 1.807) is 0 Å². The maximum absolute atomic E-state index is 12.0. The van der Waals surface area contributed by atoms with Gasteiger partial charge >= 0.3 is 11.9 Å². The van der Waals surface area contributed by atoms with Crippen LogP contribution in [0.3, 0.4) is 0 Å². The van der Waals surface area contributed by atoms with Crippen LogP contribution >= 0.6 is 0 Å². The molecule has 0 aliphatic rings. The van der Waals surface area contributed by atoms with Gasteiger partial charge in [-0.2, -0.15) is 0 Å². The summed E-state index contributed by atoms with van der Waals surface area (Å²) in [6, 6.07) is 0. The van der Waals surface area contributed by atoms with Gasteiger partial charge in [0.25, 0.3) is 0 Å². The minimum atomic E-state index is -0.918. The van der Waals surface area contributed by atoms with Crippen LogP contribution in [0.25, 0.3) is 0 Å². The van der Waals surface area contributed by atoms with Crippen LogP contribution in [0.4, 0.5) is 0 Å². The zero-order valence-electron chi connectivity index (χ0n) is 28.5. The molecule has 0 spiro atoms. The fraction of sp³-hybridized carbons (Fsp3) is 0.744. The lowest BCUT2D eigenvalue weighted by atomic mass is 9.80. The maximum Gasteiger partial charge on any atom is 0.306 e. The van der Waals surface area contributed by atoms with Crippen molar-refractivity contribution in [3.8, 4) is 0 Å². The number of hydrogen-bond acceptors (Lipinski definition) is 3. The predicted molar refractivity (Wildman–Crippen MR) is 187 cm³/mol. The van der Waals surface area contributed by atoms with Crippen molar-refractivity contribution in [2.45, 2.75) is 162 Å². The van der Waals surface area contributed by atoms with Crippen molar-refractivity contribution in [2.24, 2.45) is 17.8 Å². The highest BCUT2D eigenvalue weighted by atomic mass is 16.4. The van der Waals surface area contributed by atoms with Crippen molar-refractivity contribution in [3.63, 3.8) is 0 Å². The van der Waals surface area contributed by atoms with Gasteiger partial charge in [-0.25, -0.2) is 0 Å². The molecule has 3 unspecified atom stereocenters. The highest BCUT2D eigenvalue weighted by molar-refractivity contribution is 5.71. The van der Waals surface area contributed by atoms with Crippen LogP contribution in [0, 0.1) is 17.8 Å². The highest BCUT2D eigenvalue weighted by Crippen LogP contribution is 2.29. The molecule has 0 heterocycles. The average molecular weight is 617 g/mol. The van der Waals surface area contributed by atoms with E-state index in [1.807, 2.05) is 0 Å². The first kappa shape index (κ1) is 41.9. The van der Waals surface area contributed by atoms with Gasteiger partial charge in [-0.3, -0.25) is 9.59 Å². The summed E-state index contributed by atoms with van der Waals surface area (Å²) >= 11 is 0. The Morgan fingerprint density at radius 1 is 0.523 bits per heavy atom. The summed E-state index contributed by atoms with van der Waals surface area (Å²) in [5.41, 5.74) is 0. The summed E-state index contributed by atoms with van der Waals surface area (Å²) < 4.78 is 0. The summed E-state index contributed by atoms with van der Waals surface area (Å²) in [5, 5.41) is 29.7. The predicted octanol–water partition coefficient (Wildman–Crippen LogP) is 11.2. The molecule has 0 aliphatic heterocycles. The quantitative estimate of drug-likeness (QED) is 0.0516. The Balaban J connectivity index is 4.23. The Kier molecular flexibility index (Phi) is 30.7. The monoisotopic (exact) mass is 617 g/mol. The third-order valence-electron chi connectivity index (χ3n) is 8.53. The molecule has 0 aromatic heterocycles. The first-order valence-electron chi connectivity index (χ1n) is 18.1. The Morgan fingerprint density at radius 2 is 0.932 bits per heavy atom. The molecule has 3 atom stereocenters. The van der Waals surface area contributed by atoms with E-state index in [4.69, 9.17) is 0 Å². The van der Waals surface area contributed by atoms with Crippen LogP contribution in [0.1, 0.15) is 162 Å². The Bertz CT molecular complexity index is 781. The first-order chi connectivity index (χ1) is 21.5. The molecule has 0 amide bonds. The lowest BCUT2D eigenvalue weighted by Gasteiger charge is -2.25. The summed E-state index contributed by atoms with van der Waals surface area (Å²) in [4.78, 5) is 24.0. The molecule has 0 fully saturated rings. The average Bonchev–Trinajstić information content (AvgIpc) is 3.01. The van der Waals surface area contributed by atoms with E-state index in [0.717, 1.165) is 77.0 Å². The molecule has 0 radical (unpaired) electrons. The third-order valence-corrected chi connectivity index (χ3v) is 8.53. The first-order valence-corrected chi connectivity index (χ1v) is 18.1. The standard InChI is InChI=1S/C39H68O5/c1-3-5-7-9-11-13-15-17-19-21-23-25-27-29-31-35(38(41)42)33-36(34-40)37(39(43)44)32-30-28-26-24-22-20-18-16-14-12-10-8-6-4-2/h11-14,17-20,35-37,40H,3-10,15-16,21-34H2,1-2H3,(H,41,42)(H,43,44)/b13-11-,14-12-,19-17-,20-18-. The topological polar surface area (TPSA) is 94.8 Å². The van der Waals surface area contributed by atoms with E-state index in [-0.39, 0.29) is 13.0 Å². The Hall–Kier alpha value is -2.14. The lowest BCUT2D eigenvalue weighted by Crippen LogP contribution is -2.30. The van der Waals surface area contributed by atoms with Gasteiger partial charge in [-0.05, 0) is 89.4 Å². The normalized spacial score (nSPS) is 14.3. The Morgan fingerprint density at radius 3 is 1.32 bits per heavy atom. The minimum Gasteiger partial charge on any atom is -0.481 e. The van der Waals surface area contributed by atoms with Gasteiger partial charge in [-0.15, -0.1) is 0 Å². The number of hydrogen-bond donors (Lipinski definition) is 3. The van der Waals surface area contributed by atoms with Gasteiger partial charge in [0.15, 0.2) is 0 Å². The second kappa shape index (κ2) is 32.3. The molecular formula is C39H68O5. The second-order valence-corrected chi connectivity index (χ2v) is 12.5. The number of aliphatic hydroxyl groups is 1. The van der Waals surface area contributed by atoms with Crippen LogP contribution in [0.2, 0.25) is 0 Å². The molecule has 44 heavy (non-hydrogen) atoms. The summed E-state index contributed by atoms with van der Waals surface area (Å²) in [5.74, 6) is -3.60. The molecule has 254 valence electrons. The summed E-state index contributed by atoms with van der Waals surface area (Å²) in [6.45, 7) is 4.17. The molecule has 0 rings (SSSR count). The molecular weight excluding hydrogens is 548 g/mol. The number of aliphatic carboxylic acids is 2. The lowest BCUT2D eigenvalue weighted by molar-refractivity contribution is -0.148. The van der Waals surface area contributed by atoms with E-state index in [1.165, 1.54) is 51.4 Å². The van der Waals surface area contributed by atoms with Crippen LogP contribution < -0.4 is 0 Å². The minimum absolute atomic E-state index is 0.231. The Labute approximate surface area is 271 Å². The number of carboxylic acids is 2. The van der Waals surface area contributed by atoms with E-state index in [9.17, 15) is 24.9 Å². The molecule has 0 aromatic rings. The fourth-order valence-electron chi connectivity index (χ4n) is 5.66. The number of rotatable bonds is 32. The van der Waals surface area contributed by atoms with E-state index in [2.05, 4.69) is 62.5 Å². The molecule has 0 aliphatic carbocycles. The molecule has 5 heteroatoms. The third kappa shape index (κ3) is 26.3. The van der Waals surface area contributed by atoms with Crippen LogP contribution in [0.5, 0.6) is 0 Å². The molecule has 0 bridgehead atoms. The SMILES string of the molecule is CCCCC/C=C\C/C=C\CCCCCCC(CC(CO)C(CCCCCC/C=C\C/C=C\CCCCC)C(=O)O)C(=O)O. The smallest absolute Gasteiger partial charge is 0.306 e. The van der Waals surface area contributed by atoms with Crippen molar-refractivity contribution >= 4 is 11.9 Å². The van der Waals surface area contributed by atoms with Gasteiger partial charge in [-0.1, -0.05) is 127 Å². The molecule has 0 aromatic carbocycles. The van der Waals surface area contributed by atoms with Gasteiger partial charge in [0, 0.05) is 6.61 Å². The number of carbonyl (C=O) groups is 2. The van der Waals surface area contributed by atoms with Crippen molar-refractivity contribution in [1.29, 1.82) is 0 Å². The number of aliphatic hydroxyl groups excluding tert-OH is 1. The van der Waals surface area contributed by atoms with E-state index >= 15 is 0 Å². The van der Waals surface area contributed by atoms with Gasteiger partial charge in [0.2, 0.25) is 0 Å². The molecule has 0 saturated heterocycles. The van der Waals surface area contributed by atoms with Crippen molar-refractivity contribution in [1.82, 2.24) is 0 Å². The van der Waals surface area contributed by atoms with Crippen molar-refractivity contribution < 1.29 is 24.9 Å². The summed E-state index contributed by atoms with van der Waals surface area (Å²) in [7, 11) is 0. The van der Waals surface area contributed by atoms with Crippen molar-refractivity contribution in [3.05, 3.63) is 48.6 Å². The zero-order chi connectivity index (χ0) is 32.5. The van der Waals surface area contributed by atoms with E-state index in [0.29, 0.717) is 12.8 Å². The molecule has 5 nitrogen and oxygen atoms in total. The van der Waals surface area contributed by atoms with E-state index < -0.39 is 29.7 Å². The van der Waals surface area contributed by atoms with Gasteiger partial charge < -0.3 is 15.3 Å². The number of allylic oxidation sites excluding steroid dienone is 8. The second-order valence-electron chi connectivity index (χ2n) is 12.5. The maximum atomic E-state index is 12.0. The number of carboxylic acid groups (broad SMARTS) is 2.